The number of phenols is 1. The summed E-state index contributed by atoms with van der Waals surface area (Å²) in [6, 6.07) is 15.8. The number of aromatic hydroxyl groups is 1. The predicted octanol–water partition coefficient (Wildman–Crippen LogP) is 2.14. The second-order valence-electron chi connectivity index (χ2n) is 5.12. The number of rotatable bonds is 5. The van der Waals surface area contributed by atoms with Crippen LogP contribution in [0.2, 0.25) is 0 Å². The van der Waals surface area contributed by atoms with Crippen molar-refractivity contribution in [3.63, 3.8) is 0 Å². The number of hydrogen-bond acceptors (Lipinski definition) is 3. The van der Waals surface area contributed by atoms with Crippen molar-refractivity contribution in [1.29, 1.82) is 0 Å². The lowest BCUT2D eigenvalue weighted by Gasteiger charge is -2.18. The SMILES string of the molecule is CC(NC(=O)[C@H](N)Cc1ccc(O)cc1)c1ccccc1. The van der Waals surface area contributed by atoms with Gasteiger partial charge in [0.05, 0.1) is 12.1 Å². The first-order valence-electron chi connectivity index (χ1n) is 6.95. The fourth-order valence-corrected chi connectivity index (χ4v) is 2.12. The van der Waals surface area contributed by atoms with E-state index >= 15 is 0 Å². The molecule has 0 heterocycles. The molecule has 110 valence electrons. The van der Waals surface area contributed by atoms with Crippen molar-refractivity contribution in [2.75, 3.05) is 0 Å². The maximum Gasteiger partial charge on any atom is 0.237 e. The first-order chi connectivity index (χ1) is 10.1. The molecule has 0 aliphatic carbocycles. The summed E-state index contributed by atoms with van der Waals surface area (Å²) in [4.78, 5) is 12.1. The quantitative estimate of drug-likeness (QED) is 0.787. The molecular weight excluding hydrogens is 264 g/mol. The van der Waals surface area contributed by atoms with Gasteiger partial charge < -0.3 is 16.2 Å². The highest BCUT2D eigenvalue weighted by molar-refractivity contribution is 5.82. The van der Waals surface area contributed by atoms with E-state index in [1.54, 1.807) is 24.3 Å². The van der Waals surface area contributed by atoms with Crippen LogP contribution in [0.1, 0.15) is 24.1 Å². The summed E-state index contributed by atoms with van der Waals surface area (Å²) in [6.07, 6.45) is 0.438. The number of nitrogens with one attached hydrogen (secondary N) is 1. The lowest BCUT2D eigenvalue weighted by atomic mass is 10.0. The molecule has 21 heavy (non-hydrogen) atoms. The van der Waals surface area contributed by atoms with E-state index < -0.39 is 6.04 Å². The normalized spacial score (nSPS) is 13.4. The van der Waals surface area contributed by atoms with Gasteiger partial charge in [-0.1, -0.05) is 42.5 Å². The number of nitrogens with two attached hydrogens (primary N) is 1. The molecule has 0 saturated carbocycles. The van der Waals surface area contributed by atoms with Crippen LogP contribution >= 0.6 is 0 Å². The largest absolute Gasteiger partial charge is 0.508 e. The topological polar surface area (TPSA) is 75.4 Å². The zero-order chi connectivity index (χ0) is 15.2. The minimum Gasteiger partial charge on any atom is -0.508 e. The Morgan fingerprint density at radius 3 is 2.38 bits per heavy atom. The van der Waals surface area contributed by atoms with Crippen molar-refractivity contribution in [2.45, 2.75) is 25.4 Å². The van der Waals surface area contributed by atoms with Gasteiger partial charge in [0.1, 0.15) is 5.75 Å². The van der Waals surface area contributed by atoms with E-state index in [1.165, 1.54) is 0 Å². The van der Waals surface area contributed by atoms with Gasteiger partial charge in [-0.25, -0.2) is 0 Å². The highest BCUT2D eigenvalue weighted by Gasteiger charge is 2.16. The van der Waals surface area contributed by atoms with E-state index in [4.69, 9.17) is 5.73 Å². The lowest BCUT2D eigenvalue weighted by Crippen LogP contribution is -2.42. The van der Waals surface area contributed by atoms with Gasteiger partial charge in [-0.3, -0.25) is 4.79 Å². The van der Waals surface area contributed by atoms with Crippen molar-refractivity contribution in [3.05, 3.63) is 65.7 Å². The molecule has 0 aliphatic rings. The molecule has 2 aromatic carbocycles. The molecule has 4 heteroatoms. The van der Waals surface area contributed by atoms with Gasteiger partial charge in [0.15, 0.2) is 0 Å². The van der Waals surface area contributed by atoms with E-state index in [0.29, 0.717) is 6.42 Å². The Bertz CT molecular complexity index is 581. The summed E-state index contributed by atoms with van der Waals surface area (Å²) < 4.78 is 0. The fourth-order valence-electron chi connectivity index (χ4n) is 2.12. The van der Waals surface area contributed by atoms with Gasteiger partial charge in [-0.05, 0) is 36.6 Å². The summed E-state index contributed by atoms with van der Waals surface area (Å²) in [5.74, 6) is 0.0221. The zero-order valence-corrected chi connectivity index (χ0v) is 12.0. The second-order valence-corrected chi connectivity index (χ2v) is 5.12. The van der Waals surface area contributed by atoms with Gasteiger partial charge in [-0.2, -0.15) is 0 Å². The molecule has 2 atom stereocenters. The first kappa shape index (κ1) is 15.1. The first-order valence-corrected chi connectivity index (χ1v) is 6.95. The summed E-state index contributed by atoms with van der Waals surface area (Å²) in [6.45, 7) is 1.93. The summed E-state index contributed by atoms with van der Waals surface area (Å²) in [7, 11) is 0. The second kappa shape index (κ2) is 6.90. The average molecular weight is 284 g/mol. The van der Waals surface area contributed by atoms with E-state index in [9.17, 15) is 9.90 Å². The minimum absolute atomic E-state index is 0.0791. The maximum atomic E-state index is 12.1. The number of hydrogen-bond donors (Lipinski definition) is 3. The van der Waals surface area contributed by atoms with Crippen LogP contribution in [-0.4, -0.2) is 17.1 Å². The number of amides is 1. The molecule has 0 spiro atoms. The third kappa shape index (κ3) is 4.33. The Morgan fingerprint density at radius 2 is 1.76 bits per heavy atom. The molecule has 1 unspecified atom stereocenters. The van der Waals surface area contributed by atoms with Crippen molar-refractivity contribution in [3.8, 4) is 5.75 Å². The number of carbonyl (C=O) groups excluding carboxylic acids is 1. The molecule has 4 nitrogen and oxygen atoms in total. The average Bonchev–Trinajstić information content (AvgIpc) is 2.50. The van der Waals surface area contributed by atoms with Crippen LogP contribution in [0, 0.1) is 0 Å². The Hall–Kier alpha value is -2.33. The monoisotopic (exact) mass is 284 g/mol. The van der Waals surface area contributed by atoms with Crippen molar-refractivity contribution >= 4 is 5.91 Å². The van der Waals surface area contributed by atoms with Crippen LogP contribution in [0.25, 0.3) is 0 Å². The fraction of sp³-hybridized carbons (Fsp3) is 0.235. The van der Waals surface area contributed by atoms with Crippen LogP contribution < -0.4 is 11.1 Å². The maximum absolute atomic E-state index is 12.1. The number of carbonyl (C=O) groups is 1. The standard InChI is InChI=1S/C17H20N2O2/c1-12(14-5-3-2-4-6-14)19-17(21)16(18)11-13-7-9-15(20)10-8-13/h2-10,12,16,20H,11,18H2,1H3,(H,19,21)/t12?,16-/m1/s1. The van der Waals surface area contributed by atoms with Crippen LogP contribution in [0.15, 0.2) is 54.6 Å². The van der Waals surface area contributed by atoms with E-state index in [0.717, 1.165) is 11.1 Å². The molecule has 0 aromatic heterocycles. The third-order valence-electron chi connectivity index (χ3n) is 3.39. The van der Waals surface area contributed by atoms with Gasteiger partial charge in [0.2, 0.25) is 5.91 Å². The van der Waals surface area contributed by atoms with Gasteiger partial charge in [0.25, 0.3) is 0 Å². The van der Waals surface area contributed by atoms with Crippen LogP contribution in [0.4, 0.5) is 0 Å². The predicted molar refractivity (Wildman–Crippen MR) is 82.8 cm³/mol. The van der Waals surface area contributed by atoms with Crippen LogP contribution in [0.5, 0.6) is 5.75 Å². The van der Waals surface area contributed by atoms with Gasteiger partial charge in [0, 0.05) is 0 Å². The molecule has 4 N–H and O–H groups in total. The minimum atomic E-state index is -0.610. The Kier molecular flexibility index (Phi) is 4.95. The third-order valence-corrected chi connectivity index (χ3v) is 3.39. The molecule has 0 bridgehead atoms. The Balaban J connectivity index is 1.92. The molecule has 2 rings (SSSR count). The molecule has 2 aromatic rings. The molecule has 1 amide bonds. The van der Waals surface area contributed by atoms with E-state index in [-0.39, 0.29) is 17.7 Å². The summed E-state index contributed by atoms with van der Waals surface area (Å²) >= 11 is 0. The van der Waals surface area contributed by atoms with Gasteiger partial charge in [-0.15, -0.1) is 0 Å². The number of phenolic OH excluding ortho intramolecular Hbond substituents is 1. The molecule has 0 radical (unpaired) electrons. The Labute approximate surface area is 124 Å². The highest BCUT2D eigenvalue weighted by atomic mass is 16.3. The zero-order valence-electron chi connectivity index (χ0n) is 12.0. The van der Waals surface area contributed by atoms with Crippen molar-refractivity contribution in [1.82, 2.24) is 5.32 Å². The Morgan fingerprint density at radius 1 is 1.14 bits per heavy atom. The van der Waals surface area contributed by atoms with E-state index in [2.05, 4.69) is 5.32 Å². The van der Waals surface area contributed by atoms with Crippen molar-refractivity contribution in [2.24, 2.45) is 5.73 Å². The molecule has 0 fully saturated rings. The van der Waals surface area contributed by atoms with Crippen LogP contribution in [-0.2, 0) is 11.2 Å². The van der Waals surface area contributed by atoms with Crippen molar-refractivity contribution < 1.29 is 9.90 Å². The van der Waals surface area contributed by atoms with Crippen LogP contribution in [0.3, 0.4) is 0 Å². The molecular formula is C17H20N2O2. The summed E-state index contributed by atoms with van der Waals surface area (Å²) in [5.41, 5.74) is 7.90. The smallest absolute Gasteiger partial charge is 0.237 e. The molecule has 0 aliphatic heterocycles. The highest BCUT2D eigenvalue weighted by Crippen LogP contribution is 2.13. The lowest BCUT2D eigenvalue weighted by molar-refractivity contribution is -0.123. The number of benzene rings is 2. The molecule has 0 saturated heterocycles. The van der Waals surface area contributed by atoms with E-state index in [1.807, 2.05) is 37.3 Å². The van der Waals surface area contributed by atoms with Gasteiger partial charge >= 0.3 is 0 Å². The summed E-state index contributed by atoms with van der Waals surface area (Å²) in [5, 5.41) is 12.1.